The van der Waals surface area contributed by atoms with Crippen molar-refractivity contribution >= 4 is 5.97 Å². The quantitative estimate of drug-likeness (QED) is 0.610. The topological polar surface area (TPSA) is 41.6 Å². The van der Waals surface area contributed by atoms with E-state index >= 15 is 0 Å². The maximum absolute atomic E-state index is 11.3. The van der Waals surface area contributed by atoms with E-state index < -0.39 is 0 Å². The Morgan fingerprint density at radius 3 is 2.57 bits per heavy atom. The van der Waals surface area contributed by atoms with Crippen molar-refractivity contribution in [2.75, 3.05) is 34.3 Å². The number of carbonyl (C=O) groups is 1. The number of nitrogens with zero attached hydrogens (tertiary/aromatic N) is 1. The van der Waals surface area contributed by atoms with Gasteiger partial charge in [0.2, 0.25) is 0 Å². The minimum absolute atomic E-state index is 0.164. The first-order chi connectivity index (χ1) is 6.61. The highest BCUT2D eigenvalue weighted by Crippen LogP contribution is 1.96. The highest BCUT2D eigenvalue weighted by atomic mass is 16.5. The van der Waals surface area contributed by atoms with Crippen LogP contribution < -0.4 is 5.32 Å². The molecule has 0 saturated carbocycles. The maximum atomic E-state index is 11.3. The van der Waals surface area contributed by atoms with Crippen molar-refractivity contribution in [3.05, 3.63) is 0 Å². The molecule has 0 saturated heterocycles. The Morgan fingerprint density at radius 2 is 2.14 bits per heavy atom. The van der Waals surface area contributed by atoms with Gasteiger partial charge in [0, 0.05) is 0 Å². The Balaban J connectivity index is 3.90. The molecule has 0 heterocycles. The molecule has 0 radical (unpaired) electrons. The summed E-state index contributed by atoms with van der Waals surface area (Å²) in [6, 6.07) is -0.164. The minimum Gasteiger partial charge on any atom is -0.468 e. The lowest BCUT2D eigenvalue weighted by Crippen LogP contribution is -2.40. The third kappa shape index (κ3) is 5.94. The van der Waals surface area contributed by atoms with Gasteiger partial charge in [-0.1, -0.05) is 6.92 Å². The van der Waals surface area contributed by atoms with Gasteiger partial charge in [-0.2, -0.15) is 0 Å². The molecule has 4 nitrogen and oxygen atoms in total. The number of ether oxygens (including phenoxy) is 1. The van der Waals surface area contributed by atoms with Crippen molar-refractivity contribution in [3.8, 4) is 0 Å². The summed E-state index contributed by atoms with van der Waals surface area (Å²) in [5.74, 6) is -0.166. The van der Waals surface area contributed by atoms with Crippen LogP contribution in [0.25, 0.3) is 0 Å². The largest absolute Gasteiger partial charge is 0.468 e. The average Bonchev–Trinajstić information content (AvgIpc) is 2.16. The minimum atomic E-state index is -0.166. The summed E-state index contributed by atoms with van der Waals surface area (Å²) in [4.78, 5) is 13.4. The highest BCUT2D eigenvalue weighted by Gasteiger charge is 2.17. The number of nitrogens with one attached hydrogen (secondary N) is 1. The molecule has 0 aliphatic heterocycles. The Kier molecular flexibility index (Phi) is 7.42. The Hall–Kier alpha value is -0.610. The summed E-state index contributed by atoms with van der Waals surface area (Å²) >= 11 is 0. The van der Waals surface area contributed by atoms with Crippen LogP contribution in [-0.2, 0) is 9.53 Å². The molecule has 0 aliphatic rings. The smallest absolute Gasteiger partial charge is 0.322 e. The normalized spacial score (nSPS) is 12.9. The van der Waals surface area contributed by atoms with E-state index in [4.69, 9.17) is 4.74 Å². The number of rotatable bonds is 7. The van der Waals surface area contributed by atoms with Crippen molar-refractivity contribution in [2.45, 2.75) is 25.8 Å². The van der Waals surface area contributed by atoms with Crippen LogP contribution in [0, 0.1) is 0 Å². The molecule has 84 valence electrons. The zero-order chi connectivity index (χ0) is 11.0. The van der Waals surface area contributed by atoms with E-state index in [2.05, 4.69) is 17.1 Å². The predicted octanol–water partition coefficient (Wildman–Crippen LogP) is 0.479. The molecular formula is C10H22N2O2. The van der Waals surface area contributed by atoms with Crippen LogP contribution in [0.1, 0.15) is 19.8 Å². The lowest BCUT2D eigenvalue weighted by atomic mass is 10.2. The number of methoxy groups -OCH3 is 1. The molecule has 0 aromatic heterocycles. The first-order valence-electron chi connectivity index (χ1n) is 5.07. The van der Waals surface area contributed by atoms with Crippen molar-refractivity contribution in [1.29, 1.82) is 0 Å². The van der Waals surface area contributed by atoms with Crippen LogP contribution >= 0.6 is 0 Å². The van der Waals surface area contributed by atoms with Gasteiger partial charge in [0.1, 0.15) is 6.04 Å². The lowest BCUT2D eigenvalue weighted by Gasteiger charge is -2.18. The van der Waals surface area contributed by atoms with Crippen molar-refractivity contribution < 1.29 is 9.53 Å². The molecule has 0 aromatic carbocycles. The van der Waals surface area contributed by atoms with Crippen LogP contribution in [0.4, 0.5) is 0 Å². The molecule has 0 fully saturated rings. The zero-order valence-electron chi connectivity index (χ0n) is 9.67. The second-order valence-corrected chi connectivity index (χ2v) is 3.62. The van der Waals surface area contributed by atoms with E-state index in [1.54, 1.807) is 0 Å². The summed E-state index contributed by atoms with van der Waals surface area (Å²) in [5, 5.41) is 3.17. The van der Waals surface area contributed by atoms with Crippen LogP contribution in [-0.4, -0.2) is 51.2 Å². The summed E-state index contributed by atoms with van der Waals surface area (Å²) in [5.41, 5.74) is 0. The number of esters is 1. The van der Waals surface area contributed by atoms with Crippen LogP contribution in [0.15, 0.2) is 0 Å². The molecule has 1 atom stereocenters. The molecular weight excluding hydrogens is 180 g/mol. The number of carbonyl (C=O) groups excluding carboxylic acids is 1. The van der Waals surface area contributed by atoms with Crippen molar-refractivity contribution in [3.63, 3.8) is 0 Å². The van der Waals surface area contributed by atoms with Gasteiger partial charge in [-0.25, -0.2) is 0 Å². The molecule has 4 heteroatoms. The van der Waals surface area contributed by atoms with E-state index in [1.807, 2.05) is 14.1 Å². The lowest BCUT2D eigenvalue weighted by molar-refractivity contribution is -0.143. The van der Waals surface area contributed by atoms with Gasteiger partial charge in [0.25, 0.3) is 0 Å². The van der Waals surface area contributed by atoms with Gasteiger partial charge in [-0.15, -0.1) is 0 Å². The Bertz CT molecular complexity index is 160. The molecule has 0 spiro atoms. The van der Waals surface area contributed by atoms with Gasteiger partial charge in [-0.05, 0) is 40.0 Å². The number of hydrogen-bond donors (Lipinski definition) is 1. The second kappa shape index (κ2) is 7.76. The van der Waals surface area contributed by atoms with Gasteiger partial charge in [-0.3, -0.25) is 4.79 Å². The standard InChI is InChI=1S/C10H22N2O2/c1-5-7-11-9(10(13)14-4)6-8-12(2)3/h9,11H,5-8H2,1-4H3. The van der Waals surface area contributed by atoms with E-state index in [0.29, 0.717) is 0 Å². The summed E-state index contributed by atoms with van der Waals surface area (Å²) in [6.45, 7) is 3.82. The van der Waals surface area contributed by atoms with Gasteiger partial charge in [0.05, 0.1) is 7.11 Å². The van der Waals surface area contributed by atoms with Crippen LogP contribution in [0.5, 0.6) is 0 Å². The zero-order valence-corrected chi connectivity index (χ0v) is 9.67. The molecule has 0 aromatic rings. The van der Waals surface area contributed by atoms with Crippen LogP contribution in [0.2, 0.25) is 0 Å². The SMILES string of the molecule is CCCNC(CCN(C)C)C(=O)OC. The summed E-state index contributed by atoms with van der Waals surface area (Å²) in [7, 11) is 5.42. The monoisotopic (exact) mass is 202 g/mol. The fourth-order valence-electron chi connectivity index (χ4n) is 1.15. The Labute approximate surface area is 86.6 Å². The van der Waals surface area contributed by atoms with Crippen molar-refractivity contribution in [2.24, 2.45) is 0 Å². The van der Waals surface area contributed by atoms with Gasteiger partial charge < -0.3 is 15.0 Å². The maximum Gasteiger partial charge on any atom is 0.322 e. The summed E-state index contributed by atoms with van der Waals surface area (Å²) in [6.07, 6.45) is 1.81. The van der Waals surface area contributed by atoms with Crippen LogP contribution in [0.3, 0.4) is 0 Å². The molecule has 0 amide bonds. The third-order valence-electron chi connectivity index (χ3n) is 1.99. The van der Waals surface area contributed by atoms with E-state index in [9.17, 15) is 4.79 Å². The molecule has 0 bridgehead atoms. The second-order valence-electron chi connectivity index (χ2n) is 3.62. The van der Waals surface area contributed by atoms with E-state index in [-0.39, 0.29) is 12.0 Å². The predicted molar refractivity (Wildman–Crippen MR) is 57.3 cm³/mol. The highest BCUT2D eigenvalue weighted by molar-refractivity contribution is 5.75. The third-order valence-corrected chi connectivity index (χ3v) is 1.99. The van der Waals surface area contributed by atoms with Gasteiger partial charge >= 0.3 is 5.97 Å². The average molecular weight is 202 g/mol. The van der Waals surface area contributed by atoms with Gasteiger partial charge in [0.15, 0.2) is 0 Å². The Morgan fingerprint density at radius 1 is 1.50 bits per heavy atom. The first kappa shape index (κ1) is 13.4. The molecule has 1 N–H and O–H groups in total. The van der Waals surface area contributed by atoms with Crippen molar-refractivity contribution in [1.82, 2.24) is 10.2 Å². The van der Waals surface area contributed by atoms with E-state index in [0.717, 1.165) is 25.9 Å². The molecule has 14 heavy (non-hydrogen) atoms. The van der Waals surface area contributed by atoms with E-state index in [1.165, 1.54) is 7.11 Å². The summed E-state index contributed by atoms with van der Waals surface area (Å²) < 4.78 is 4.72. The fraction of sp³-hybridized carbons (Fsp3) is 0.900. The number of hydrogen-bond acceptors (Lipinski definition) is 4. The fourth-order valence-corrected chi connectivity index (χ4v) is 1.15. The first-order valence-corrected chi connectivity index (χ1v) is 5.07. The molecule has 0 rings (SSSR count). The molecule has 1 unspecified atom stereocenters. The molecule has 0 aliphatic carbocycles.